The molecular formula is C29H37N3O7. The van der Waals surface area contributed by atoms with Crippen LogP contribution >= 0.6 is 0 Å². The number of aliphatic carboxylic acids is 1. The number of hydroxylamine groups is 1. The van der Waals surface area contributed by atoms with Crippen LogP contribution < -0.4 is 5.48 Å². The summed E-state index contributed by atoms with van der Waals surface area (Å²) in [6, 6.07) is 17.1. The van der Waals surface area contributed by atoms with Crippen LogP contribution in [0, 0.1) is 5.92 Å². The molecule has 2 aromatic rings. The van der Waals surface area contributed by atoms with Gasteiger partial charge in [0.25, 0.3) is 0 Å². The molecule has 0 radical (unpaired) electrons. The number of nitrogens with one attached hydrogen (secondary N) is 1. The summed E-state index contributed by atoms with van der Waals surface area (Å²) in [4.78, 5) is 57.0. The lowest BCUT2D eigenvalue weighted by Gasteiger charge is -2.42. The van der Waals surface area contributed by atoms with Crippen molar-refractivity contribution < 1.29 is 33.9 Å². The normalized spacial score (nSPS) is 15.9. The maximum absolute atomic E-state index is 13.8. The summed E-state index contributed by atoms with van der Waals surface area (Å²) in [5.41, 5.74) is 4.02. The van der Waals surface area contributed by atoms with E-state index in [1.165, 1.54) is 0 Å². The number of hydrazine groups is 1. The highest BCUT2D eigenvalue weighted by molar-refractivity contribution is 5.90. The third kappa shape index (κ3) is 9.10. The zero-order valence-electron chi connectivity index (χ0n) is 22.3. The maximum atomic E-state index is 13.8. The van der Waals surface area contributed by atoms with E-state index in [9.17, 15) is 24.3 Å². The van der Waals surface area contributed by atoms with Crippen molar-refractivity contribution in [3.8, 4) is 0 Å². The largest absolute Gasteiger partial charge is 0.480 e. The molecule has 2 atom stereocenters. The van der Waals surface area contributed by atoms with Gasteiger partial charge in [0, 0.05) is 18.9 Å². The first-order valence-corrected chi connectivity index (χ1v) is 13.4. The SMILES string of the molecule is CCCCC[C@H](CC(=O)NOCc1ccccc1)C(=O)N1[C@@H](C(=O)O)CCCN1C(=O)OCc1ccccc1. The summed E-state index contributed by atoms with van der Waals surface area (Å²) in [5, 5.41) is 12.0. The first-order valence-electron chi connectivity index (χ1n) is 13.4. The van der Waals surface area contributed by atoms with Crippen molar-refractivity contribution in [1.29, 1.82) is 0 Å². The summed E-state index contributed by atoms with van der Waals surface area (Å²) in [7, 11) is 0. The van der Waals surface area contributed by atoms with Crippen LogP contribution in [0.3, 0.4) is 0 Å². The quantitative estimate of drug-likeness (QED) is 0.285. The Balaban J connectivity index is 1.71. The average molecular weight is 540 g/mol. The first-order chi connectivity index (χ1) is 18.9. The second kappa shape index (κ2) is 15.5. The summed E-state index contributed by atoms with van der Waals surface area (Å²) in [5.74, 6) is -3.14. The Bertz CT molecular complexity index is 1080. The predicted octanol–water partition coefficient (Wildman–Crippen LogP) is 4.45. The van der Waals surface area contributed by atoms with Gasteiger partial charge in [-0.2, -0.15) is 0 Å². The van der Waals surface area contributed by atoms with Crippen LogP contribution in [-0.2, 0) is 37.2 Å². The van der Waals surface area contributed by atoms with E-state index in [2.05, 4.69) is 5.48 Å². The van der Waals surface area contributed by atoms with Gasteiger partial charge in [-0.25, -0.2) is 25.1 Å². The van der Waals surface area contributed by atoms with Crippen molar-refractivity contribution in [3.63, 3.8) is 0 Å². The molecule has 1 heterocycles. The Morgan fingerprint density at radius 2 is 1.62 bits per heavy atom. The Morgan fingerprint density at radius 1 is 0.974 bits per heavy atom. The van der Waals surface area contributed by atoms with Gasteiger partial charge in [0.1, 0.15) is 6.61 Å². The van der Waals surface area contributed by atoms with Crippen LogP contribution in [0.15, 0.2) is 60.7 Å². The van der Waals surface area contributed by atoms with Crippen molar-refractivity contribution in [2.75, 3.05) is 6.54 Å². The van der Waals surface area contributed by atoms with Gasteiger partial charge in [0.05, 0.1) is 6.61 Å². The van der Waals surface area contributed by atoms with Gasteiger partial charge in [-0.1, -0.05) is 86.8 Å². The topological polar surface area (TPSA) is 125 Å². The number of carboxylic acids is 1. The van der Waals surface area contributed by atoms with E-state index in [1.54, 1.807) is 12.1 Å². The molecule has 3 rings (SSSR count). The predicted molar refractivity (Wildman–Crippen MR) is 142 cm³/mol. The Labute approximate surface area is 228 Å². The number of amides is 3. The molecule has 0 saturated carbocycles. The monoisotopic (exact) mass is 539 g/mol. The molecule has 1 saturated heterocycles. The molecule has 210 valence electrons. The molecule has 1 aliphatic heterocycles. The molecule has 10 nitrogen and oxygen atoms in total. The van der Waals surface area contributed by atoms with Crippen molar-refractivity contribution >= 4 is 23.9 Å². The van der Waals surface area contributed by atoms with Crippen molar-refractivity contribution in [2.24, 2.45) is 5.92 Å². The number of nitrogens with zero attached hydrogens (tertiary/aromatic N) is 2. The van der Waals surface area contributed by atoms with Crippen LogP contribution in [0.2, 0.25) is 0 Å². The number of hydrogen-bond acceptors (Lipinski definition) is 6. The molecule has 0 bridgehead atoms. The molecule has 10 heteroatoms. The molecule has 0 unspecified atom stereocenters. The molecule has 1 fully saturated rings. The van der Waals surface area contributed by atoms with Gasteiger partial charge in [-0.3, -0.25) is 14.4 Å². The van der Waals surface area contributed by atoms with Gasteiger partial charge in [-0.05, 0) is 30.4 Å². The third-order valence-corrected chi connectivity index (χ3v) is 6.53. The van der Waals surface area contributed by atoms with Crippen LogP contribution in [-0.4, -0.2) is 51.6 Å². The highest BCUT2D eigenvalue weighted by Crippen LogP contribution is 2.26. The van der Waals surface area contributed by atoms with Crippen LogP contribution in [0.5, 0.6) is 0 Å². The van der Waals surface area contributed by atoms with Gasteiger partial charge in [0.2, 0.25) is 11.8 Å². The van der Waals surface area contributed by atoms with Crippen molar-refractivity contribution in [1.82, 2.24) is 15.5 Å². The van der Waals surface area contributed by atoms with Crippen molar-refractivity contribution in [2.45, 2.75) is 71.1 Å². The van der Waals surface area contributed by atoms with E-state index in [0.29, 0.717) is 19.3 Å². The second-order valence-electron chi connectivity index (χ2n) is 9.54. The molecule has 0 aliphatic carbocycles. The summed E-state index contributed by atoms with van der Waals surface area (Å²) in [6.07, 6.45) is 2.39. The first kappa shape index (κ1) is 29.6. The van der Waals surface area contributed by atoms with Crippen molar-refractivity contribution in [3.05, 3.63) is 71.8 Å². The van der Waals surface area contributed by atoms with E-state index in [-0.39, 0.29) is 32.6 Å². The van der Waals surface area contributed by atoms with E-state index < -0.39 is 35.8 Å². The summed E-state index contributed by atoms with van der Waals surface area (Å²) < 4.78 is 5.43. The lowest BCUT2D eigenvalue weighted by molar-refractivity contribution is -0.174. The van der Waals surface area contributed by atoms with E-state index in [1.807, 2.05) is 55.5 Å². The fraction of sp³-hybridized carbons (Fsp3) is 0.448. The standard InChI is InChI=1S/C29H37N3O7/c1-2-3-6-16-24(19-26(33)30-39-21-23-14-9-5-10-15-23)27(34)32-25(28(35)36)17-11-18-31(32)29(37)38-20-22-12-7-4-8-13-22/h4-5,7-10,12-15,24-25H,2-3,6,11,16-21H2,1H3,(H,30,33)(H,35,36)/t24-,25-/m1/s1. The molecule has 0 spiro atoms. The minimum Gasteiger partial charge on any atom is -0.480 e. The highest BCUT2D eigenvalue weighted by Gasteiger charge is 2.43. The molecular weight excluding hydrogens is 502 g/mol. The smallest absolute Gasteiger partial charge is 0.429 e. The lowest BCUT2D eigenvalue weighted by Crippen LogP contribution is -2.61. The van der Waals surface area contributed by atoms with Gasteiger partial charge < -0.3 is 9.84 Å². The summed E-state index contributed by atoms with van der Waals surface area (Å²) >= 11 is 0. The van der Waals surface area contributed by atoms with Crippen LogP contribution in [0.25, 0.3) is 0 Å². The lowest BCUT2D eigenvalue weighted by atomic mass is 9.94. The molecule has 3 amide bonds. The zero-order chi connectivity index (χ0) is 28.0. The third-order valence-electron chi connectivity index (χ3n) is 6.53. The zero-order valence-corrected chi connectivity index (χ0v) is 22.3. The Kier molecular flexibility index (Phi) is 11.8. The molecule has 1 aliphatic rings. The van der Waals surface area contributed by atoms with Gasteiger partial charge in [-0.15, -0.1) is 0 Å². The average Bonchev–Trinajstić information content (AvgIpc) is 2.95. The summed E-state index contributed by atoms with van der Waals surface area (Å²) in [6.45, 7) is 2.31. The minimum absolute atomic E-state index is 0.0168. The number of carboxylic acid groups (broad SMARTS) is 1. The number of carbonyl (C=O) groups excluding carboxylic acids is 3. The van der Waals surface area contributed by atoms with Crippen LogP contribution in [0.1, 0.15) is 63.0 Å². The van der Waals surface area contributed by atoms with E-state index >= 15 is 0 Å². The molecule has 39 heavy (non-hydrogen) atoms. The number of carbonyl (C=O) groups is 4. The fourth-order valence-corrected chi connectivity index (χ4v) is 4.49. The highest BCUT2D eigenvalue weighted by atomic mass is 16.6. The maximum Gasteiger partial charge on any atom is 0.429 e. The number of unbranched alkanes of at least 4 members (excludes halogenated alkanes) is 2. The Hall–Kier alpha value is -3.92. The Morgan fingerprint density at radius 3 is 2.23 bits per heavy atom. The number of benzene rings is 2. The second-order valence-corrected chi connectivity index (χ2v) is 9.54. The van der Waals surface area contributed by atoms with Gasteiger partial charge in [0.15, 0.2) is 6.04 Å². The minimum atomic E-state index is -1.23. The molecule has 2 aromatic carbocycles. The van der Waals surface area contributed by atoms with Crippen LogP contribution in [0.4, 0.5) is 4.79 Å². The fourth-order valence-electron chi connectivity index (χ4n) is 4.49. The molecule has 2 N–H and O–H groups in total. The molecule has 0 aromatic heterocycles. The number of ether oxygens (including phenoxy) is 1. The number of rotatable bonds is 13. The van der Waals surface area contributed by atoms with E-state index in [4.69, 9.17) is 9.57 Å². The van der Waals surface area contributed by atoms with E-state index in [0.717, 1.165) is 34.0 Å². The number of hydrogen-bond donors (Lipinski definition) is 2. The van der Waals surface area contributed by atoms with Gasteiger partial charge >= 0.3 is 12.1 Å².